The normalized spacial score (nSPS) is 22.8. The van der Waals surface area contributed by atoms with Crippen molar-refractivity contribution >= 4 is 16.7 Å². The zero-order valence-electron chi connectivity index (χ0n) is 13.9. The lowest BCUT2D eigenvalue weighted by Crippen LogP contribution is -2.54. The van der Waals surface area contributed by atoms with Crippen molar-refractivity contribution in [2.45, 2.75) is 38.4 Å². The molecule has 1 N–H and O–H groups in total. The van der Waals surface area contributed by atoms with Crippen LogP contribution in [-0.2, 0) is 4.74 Å². The summed E-state index contributed by atoms with van der Waals surface area (Å²) in [6.07, 6.45) is 3.17. The van der Waals surface area contributed by atoms with Crippen LogP contribution >= 0.6 is 0 Å². The largest absolute Gasteiger partial charge is 0.363 e. The van der Waals surface area contributed by atoms with Crippen molar-refractivity contribution in [3.63, 3.8) is 0 Å². The van der Waals surface area contributed by atoms with E-state index in [1.165, 1.54) is 6.07 Å². The van der Waals surface area contributed by atoms with Crippen LogP contribution < -0.4 is 0 Å². The number of aromatic amines is 1. The first-order chi connectivity index (χ1) is 10.9. The van der Waals surface area contributed by atoms with E-state index in [2.05, 4.69) is 9.88 Å². The van der Waals surface area contributed by atoms with Gasteiger partial charge in [0.1, 0.15) is 11.4 Å². The first-order valence-electron chi connectivity index (χ1n) is 8.09. The number of halogens is 1. The Balaban J connectivity index is 2.02. The summed E-state index contributed by atoms with van der Waals surface area (Å²) in [7, 11) is 1.99. The van der Waals surface area contributed by atoms with Crippen LogP contribution in [0.1, 0.15) is 37.0 Å². The summed E-state index contributed by atoms with van der Waals surface area (Å²) < 4.78 is 20.3. The van der Waals surface area contributed by atoms with E-state index in [-0.39, 0.29) is 11.9 Å². The molecule has 1 saturated heterocycles. The van der Waals surface area contributed by atoms with Gasteiger partial charge in [-0.1, -0.05) is 0 Å². The highest BCUT2D eigenvalue weighted by molar-refractivity contribution is 6.05. The van der Waals surface area contributed by atoms with Crippen LogP contribution in [0.4, 0.5) is 4.39 Å². The highest BCUT2D eigenvalue weighted by Gasteiger charge is 2.43. The maximum atomic E-state index is 14.2. The molecule has 0 radical (unpaired) electrons. The van der Waals surface area contributed by atoms with E-state index >= 15 is 0 Å². The third-order valence-electron chi connectivity index (χ3n) is 4.39. The second kappa shape index (κ2) is 6.06. The van der Waals surface area contributed by atoms with E-state index < -0.39 is 11.4 Å². The lowest BCUT2D eigenvalue weighted by molar-refractivity contribution is -0.0872. The number of hydrogen-bond acceptors (Lipinski definition) is 3. The summed E-state index contributed by atoms with van der Waals surface area (Å²) in [5.41, 5.74) is -0.0795. The molecular formula is C18H23FN2O2. The number of ether oxygens (including phenoxy) is 1. The number of likely N-dealkylation sites (tertiary alicyclic amines) is 1. The molecule has 1 atom stereocenters. The Labute approximate surface area is 135 Å². The molecular weight excluding hydrogens is 295 g/mol. The fourth-order valence-corrected chi connectivity index (χ4v) is 3.54. The predicted molar refractivity (Wildman–Crippen MR) is 88.3 cm³/mol. The standard InChI is InChI=1S/C18H23FN2O2/c1-12(2)23-18(6-4-8-21(3)11-18)17(22)14-9-13-5-7-20-16(13)15(19)10-14/h5,7,9-10,12,20H,4,6,8,11H2,1-3H3. The summed E-state index contributed by atoms with van der Waals surface area (Å²) in [6, 6.07) is 4.84. The molecule has 124 valence electrons. The molecule has 1 aromatic heterocycles. The first kappa shape index (κ1) is 16.1. The summed E-state index contributed by atoms with van der Waals surface area (Å²) in [6.45, 7) is 5.34. The van der Waals surface area contributed by atoms with Crippen LogP contribution in [0.5, 0.6) is 0 Å². The minimum absolute atomic E-state index is 0.0636. The van der Waals surface area contributed by atoms with Crippen LogP contribution in [0.2, 0.25) is 0 Å². The number of nitrogens with zero attached hydrogens (tertiary/aromatic N) is 1. The fourth-order valence-electron chi connectivity index (χ4n) is 3.54. The van der Waals surface area contributed by atoms with Crippen LogP contribution in [0.3, 0.4) is 0 Å². The van der Waals surface area contributed by atoms with Gasteiger partial charge in [0, 0.05) is 23.7 Å². The summed E-state index contributed by atoms with van der Waals surface area (Å²) in [4.78, 5) is 18.2. The van der Waals surface area contributed by atoms with E-state index in [0.717, 1.165) is 13.0 Å². The van der Waals surface area contributed by atoms with Gasteiger partial charge in [0.2, 0.25) is 0 Å². The average molecular weight is 318 g/mol. The number of Topliss-reactive ketones (excluding diaryl/α,β-unsaturated/α-hetero) is 1. The van der Waals surface area contributed by atoms with Gasteiger partial charge in [-0.3, -0.25) is 4.79 Å². The maximum absolute atomic E-state index is 14.2. The zero-order valence-corrected chi connectivity index (χ0v) is 13.9. The number of aromatic nitrogens is 1. The molecule has 0 spiro atoms. The van der Waals surface area contributed by atoms with Gasteiger partial charge in [-0.25, -0.2) is 4.39 Å². The monoisotopic (exact) mass is 318 g/mol. The van der Waals surface area contributed by atoms with Gasteiger partial charge in [0.25, 0.3) is 0 Å². The van der Waals surface area contributed by atoms with Crippen LogP contribution in [0.15, 0.2) is 24.4 Å². The lowest BCUT2D eigenvalue weighted by Gasteiger charge is -2.41. The van der Waals surface area contributed by atoms with Crippen molar-refractivity contribution < 1.29 is 13.9 Å². The number of carbonyl (C=O) groups excluding carboxylic acids is 1. The van der Waals surface area contributed by atoms with Gasteiger partial charge in [0.15, 0.2) is 5.78 Å². The fraction of sp³-hybridized carbons (Fsp3) is 0.500. The first-order valence-corrected chi connectivity index (χ1v) is 8.09. The summed E-state index contributed by atoms with van der Waals surface area (Å²) in [5, 5.41) is 0.706. The van der Waals surface area contributed by atoms with E-state index in [1.807, 2.05) is 20.9 Å². The Bertz CT molecular complexity index is 721. The molecule has 0 saturated carbocycles. The van der Waals surface area contributed by atoms with E-state index in [0.29, 0.717) is 29.4 Å². The number of ketones is 1. The molecule has 0 amide bonds. The average Bonchev–Trinajstić information content (AvgIpc) is 2.94. The number of H-pyrrole nitrogens is 1. The van der Waals surface area contributed by atoms with Crippen molar-refractivity contribution in [2.24, 2.45) is 0 Å². The molecule has 2 aromatic rings. The molecule has 1 aromatic carbocycles. The van der Waals surface area contributed by atoms with Crippen LogP contribution in [-0.4, -0.2) is 47.5 Å². The van der Waals surface area contributed by atoms with Crippen LogP contribution in [0.25, 0.3) is 10.9 Å². The molecule has 4 nitrogen and oxygen atoms in total. The maximum Gasteiger partial charge on any atom is 0.196 e. The third kappa shape index (κ3) is 3.03. The Hall–Kier alpha value is -1.72. The zero-order chi connectivity index (χ0) is 16.6. The number of likely N-dealkylation sites (N-methyl/N-ethyl adjacent to an activating group) is 1. The Morgan fingerprint density at radius 3 is 2.91 bits per heavy atom. The molecule has 0 bridgehead atoms. The molecule has 1 unspecified atom stereocenters. The topological polar surface area (TPSA) is 45.3 Å². The third-order valence-corrected chi connectivity index (χ3v) is 4.39. The van der Waals surface area contributed by atoms with Crippen molar-refractivity contribution in [1.29, 1.82) is 0 Å². The summed E-state index contributed by atoms with van der Waals surface area (Å²) >= 11 is 0. The minimum Gasteiger partial charge on any atom is -0.363 e. The smallest absolute Gasteiger partial charge is 0.196 e. The Morgan fingerprint density at radius 2 is 2.22 bits per heavy atom. The molecule has 1 aliphatic heterocycles. The van der Waals surface area contributed by atoms with Crippen molar-refractivity contribution in [2.75, 3.05) is 20.1 Å². The van der Waals surface area contributed by atoms with Crippen molar-refractivity contribution in [1.82, 2.24) is 9.88 Å². The van der Waals surface area contributed by atoms with E-state index in [4.69, 9.17) is 4.74 Å². The second-order valence-electron chi connectivity index (χ2n) is 6.73. The number of nitrogens with one attached hydrogen (secondary N) is 1. The lowest BCUT2D eigenvalue weighted by atomic mass is 9.84. The number of rotatable bonds is 4. The number of carbonyl (C=O) groups is 1. The highest BCUT2D eigenvalue weighted by atomic mass is 19.1. The van der Waals surface area contributed by atoms with E-state index in [1.54, 1.807) is 18.3 Å². The molecule has 1 fully saturated rings. The van der Waals surface area contributed by atoms with Gasteiger partial charge in [0.05, 0.1) is 11.6 Å². The molecule has 5 heteroatoms. The number of fused-ring (bicyclic) bond motifs is 1. The van der Waals surface area contributed by atoms with Gasteiger partial charge < -0.3 is 14.6 Å². The molecule has 2 heterocycles. The Morgan fingerprint density at radius 1 is 1.43 bits per heavy atom. The molecule has 0 aliphatic carbocycles. The van der Waals surface area contributed by atoms with Gasteiger partial charge in [-0.2, -0.15) is 0 Å². The van der Waals surface area contributed by atoms with Crippen molar-refractivity contribution in [3.8, 4) is 0 Å². The minimum atomic E-state index is -0.891. The van der Waals surface area contributed by atoms with E-state index in [9.17, 15) is 9.18 Å². The summed E-state index contributed by atoms with van der Waals surface area (Å²) in [5.74, 6) is -0.528. The number of benzene rings is 1. The highest BCUT2D eigenvalue weighted by Crippen LogP contribution is 2.31. The molecule has 1 aliphatic rings. The van der Waals surface area contributed by atoms with Gasteiger partial charge in [-0.15, -0.1) is 0 Å². The molecule has 3 rings (SSSR count). The molecule has 23 heavy (non-hydrogen) atoms. The van der Waals surface area contributed by atoms with Crippen LogP contribution in [0, 0.1) is 5.82 Å². The van der Waals surface area contributed by atoms with Gasteiger partial charge >= 0.3 is 0 Å². The SMILES string of the molecule is CC(C)OC1(C(=O)c2cc(F)c3[nH]ccc3c2)CCCN(C)C1. The number of piperidine rings is 1. The number of hydrogen-bond donors (Lipinski definition) is 1. The van der Waals surface area contributed by atoms with Crippen molar-refractivity contribution in [3.05, 3.63) is 35.8 Å². The quantitative estimate of drug-likeness (QED) is 0.879. The van der Waals surface area contributed by atoms with Gasteiger partial charge in [-0.05, 0) is 58.5 Å². The Kier molecular flexibility index (Phi) is 4.25. The second-order valence-corrected chi connectivity index (χ2v) is 6.73. The predicted octanol–water partition coefficient (Wildman–Crippen LogP) is 3.38.